The van der Waals surface area contributed by atoms with E-state index in [9.17, 15) is 9.90 Å². The molecule has 2 heterocycles. The van der Waals surface area contributed by atoms with Gasteiger partial charge in [0.2, 0.25) is 5.78 Å². The highest BCUT2D eigenvalue weighted by molar-refractivity contribution is 6.25. The van der Waals surface area contributed by atoms with Crippen molar-refractivity contribution in [2.45, 2.75) is 38.5 Å². The van der Waals surface area contributed by atoms with Crippen molar-refractivity contribution in [1.29, 1.82) is 0 Å². The van der Waals surface area contributed by atoms with Crippen molar-refractivity contribution in [3.05, 3.63) is 94.4 Å². The average molecular weight is 411 g/mol. The van der Waals surface area contributed by atoms with Crippen LogP contribution in [0.15, 0.2) is 88.3 Å². The van der Waals surface area contributed by atoms with E-state index in [1.54, 1.807) is 6.08 Å². The maximum Gasteiger partial charge on any atom is 0.200 e. The van der Waals surface area contributed by atoms with Crippen molar-refractivity contribution in [3.63, 3.8) is 0 Å². The number of ketones is 1. The Balaban J connectivity index is 1.52. The van der Waals surface area contributed by atoms with Gasteiger partial charge in [0, 0.05) is 29.3 Å². The minimum atomic E-state index is -0.312. The van der Waals surface area contributed by atoms with Crippen LogP contribution in [0.25, 0.3) is 0 Å². The molecule has 0 spiro atoms. The number of likely N-dealkylation sites (N-methyl/N-ethyl adjacent to an activating group) is 1. The highest BCUT2D eigenvalue weighted by atomic mass is 16.3. The van der Waals surface area contributed by atoms with Crippen molar-refractivity contribution in [2.24, 2.45) is 4.99 Å². The van der Waals surface area contributed by atoms with Gasteiger partial charge in [0.25, 0.3) is 0 Å². The number of fused-ring (bicyclic) bond motifs is 2. The van der Waals surface area contributed by atoms with E-state index in [2.05, 4.69) is 50.8 Å². The normalized spacial score (nSPS) is 23.2. The third kappa shape index (κ3) is 2.61. The van der Waals surface area contributed by atoms with Gasteiger partial charge in [-0.25, -0.2) is 0 Å². The second-order valence-electron chi connectivity index (χ2n) is 9.52. The molecule has 156 valence electrons. The molecule has 0 unspecified atom stereocenters. The minimum absolute atomic E-state index is 0.0483. The average Bonchev–Trinajstić information content (AvgIpc) is 3.12. The fourth-order valence-electron chi connectivity index (χ4n) is 4.96. The number of nitrogens with zero attached hydrogens (tertiary/aromatic N) is 2. The number of rotatable bonds is 2. The summed E-state index contributed by atoms with van der Waals surface area (Å²) in [5.74, 6) is -0.0910. The first-order chi connectivity index (χ1) is 14.6. The third-order valence-corrected chi connectivity index (χ3v) is 6.96. The standard InChI is InChI=1S/C27H26N2O2/c1-26(2)18-10-6-8-12-20(18)28-22(26)14-16-24(30)17(25(16)31)15-23-27(3,4)19-11-7-9-13-21(19)29(23)5/h6-15,30H,1-5H3/b16-14?,23-15-. The molecule has 0 bridgehead atoms. The number of aliphatic hydroxyl groups is 1. The first-order valence-electron chi connectivity index (χ1n) is 10.6. The quantitative estimate of drug-likeness (QED) is 0.648. The Labute approximate surface area is 182 Å². The highest BCUT2D eigenvalue weighted by Gasteiger charge is 2.42. The zero-order chi connectivity index (χ0) is 22.1. The molecule has 4 heteroatoms. The second kappa shape index (κ2) is 6.30. The van der Waals surface area contributed by atoms with E-state index in [1.165, 1.54) is 5.56 Å². The largest absolute Gasteiger partial charge is 0.506 e. The summed E-state index contributed by atoms with van der Waals surface area (Å²) in [6.45, 7) is 8.47. The lowest BCUT2D eigenvalue weighted by molar-refractivity contribution is -0.113. The predicted octanol–water partition coefficient (Wildman–Crippen LogP) is 5.68. The van der Waals surface area contributed by atoms with Gasteiger partial charge in [0.15, 0.2) is 0 Å². The van der Waals surface area contributed by atoms with Crippen LogP contribution in [0.1, 0.15) is 38.8 Å². The van der Waals surface area contributed by atoms with Crippen LogP contribution in [0.3, 0.4) is 0 Å². The molecule has 0 amide bonds. The van der Waals surface area contributed by atoms with Crippen LogP contribution in [-0.4, -0.2) is 23.6 Å². The molecule has 2 aliphatic heterocycles. The molecule has 0 aromatic heterocycles. The Morgan fingerprint density at radius 2 is 1.55 bits per heavy atom. The van der Waals surface area contributed by atoms with Crippen LogP contribution < -0.4 is 4.90 Å². The predicted molar refractivity (Wildman–Crippen MR) is 125 cm³/mol. The monoisotopic (exact) mass is 410 g/mol. The van der Waals surface area contributed by atoms with Crippen LogP contribution in [-0.2, 0) is 15.6 Å². The van der Waals surface area contributed by atoms with Crippen molar-refractivity contribution in [3.8, 4) is 0 Å². The highest BCUT2D eigenvalue weighted by Crippen LogP contribution is 2.48. The zero-order valence-electron chi connectivity index (χ0n) is 18.5. The molecule has 2 aromatic carbocycles. The topological polar surface area (TPSA) is 52.9 Å². The van der Waals surface area contributed by atoms with Crippen LogP contribution in [0.4, 0.5) is 11.4 Å². The number of carbonyl (C=O) groups is 1. The summed E-state index contributed by atoms with van der Waals surface area (Å²) in [5.41, 5.74) is 6.31. The first-order valence-corrected chi connectivity index (χ1v) is 10.6. The Morgan fingerprint density at radius 1 is 0.903 bits per heavy atom. The molecule has 0 atom stereocenters. The van der Waals surface area contributed by atoms with E-state index < -0.39 is 0 Å². The molecule has 0 radical (unpaired) electrons. The summed E-state index contributed by atoms with van der Waals surface area (Å²) < 4.78 is 0. The van der Waals surface area contributed by atoms with Crippen LogP contribution >= 0.6 is 0 Å². The fourth-order valence-corrected chi connectivity index (χ4v) is 4.96. The van der Waals surface area contributed by atoms with E-state index in [1.807, 2.05) is 43.5 Å². The molecule has 0 fully saturated rings. The van der Waals surface area contributed by atoms with Gasteiger partial charge in [-0.1, -0.05) is 64.1 Å². The second-order valence-corrected chi connectivity index (χ2v) is 9.52. The number of Topliss-reactive ketones (excluding diaryl/α,β-unsaturated/α-hetero) is 1. The molecule has 0 saturated heterocycles. The molecule has 4 nitrogen and oxygen atoms in total. The van der Waals surface area contributed by atoms with Gasteiger partial charge in [0.05, 0.1) is 22.5 Å². The van der Waals surface area contributed by atoms with E-state index in [4.69, 9.17) is 4.99 Å². The van der Waals surface area contributed by atoms with E-state index in [0.29, 0.717) is 11.1 Å². The number of aliphatic imine (C=N–C) groups is 1. The fraction of sp³-hybridized carbons (Fsp3) is 0.259. The smallest absolute Gasteiger partial charge is 0.200 e. The Bertz CT molecular complexity index is 1270. The molecule has 1 N–H and O–H groups in total. The van der Waals surface area contributed by atoms with Crippen molar-refractivity contribution >= 4 is 22.9 Å². The summed E-state index contributed by atoms with van der Waals surface area (Å²) in [7, 11) is 2.00. The summed E-state index contributed by atoms with van der Waals surface area (Å²) in [6.07, 6.45) is 3.59. The lowest BCUT2D eigenvalue weighted by Crippen LogP contribution is -2.29. The maximum absolute atomic E-state index is 13.0. The number of para-hydroxylation sites is 2. The van der Waals surface area contributed by atoms with Crippen LogP contribution in [0.5, 0.6) is 0 Å². The van der Waals surface area contributed by atoms with E-state index in [0.717, 1.165) is 28.3 Å². The minimum Gasteiger partial charge on any atom is -0.506 e. The maximum atomic E-state index is 13.0. The third-order valence-electron chi connectivity index (χ3n) is 6.96. The number of hydrogen-bond acceptors (Lipinski definition) is 4. The van der Waals surface area contributed by atoms with Crippen molar-refractivity contribution in [1.82, 2.24) is 0 Å². The molecule has 1 aliphatic carbocycles. The summed E-state index contributed by atoms with van der Waals surface area (Å²) in [6, 6.07) is 16.3. The van der Waals surface area contributed by atoms with E-state index >= 15 is 0 Å². The summed E-state index contributed by atoms with van der Waals surface area (Å²) in [5, 5.41) is 10.8. The molecule has 0 saturated carbocycles. The number of anilines is 1. The first kappa shape index (κ1) is 19.6. The number of aliphatic hydroxyl groups excluding tert-OH is 1. The molecule has 3 aliphatic rings. The van der Waals surface area contributed by atoms with Gasteiger partial charge in [-0.05, 0) is 35.4 Å². The molecular formula is C27H26N2O2. The molecular weight excluding hydrogens is 384 g/mol. The van der Waals surface area contributed by atoms with Gasteiger partial charge in [-0.2, -0.15) is 0 Å². The van der Waals surface area contributed by atoms with Crippen molar-refractivity contribution in [2.75, 3.05) is 11.9 Å². The van der Waals surface area contributed by atoms with Gasteiger partial charge in [-0.3, -0.25) is 9.79 Å². The van der Waals surface area contributed by atoms with Gasteiger partial charge in [0.1, 0.15) is 5.76 Å². The molecule has 31 heavy (non-hydrogen) atoms. The molecule has 5 rings (SSSR count). The Morgan fingerprint density at radius 3 is 2.19 bits per heavy atom. The number of allylic oxidation sites excluding steroid dienone is 5. The van der Waals surface area contributed by atoms with Gasteiger partial charge < -0.3 is 10.0 Å². The Hall–Kier alpha value is -3.40. The SMILES string of the molecule is CN1/C(=C\C2=C(O)C(=CC3=Nc4ccccc4C3(C)C)C2=O)C(C)(C)c2ccccc21. The van der Waals surface area contributed by atoms with E-state index in [-0.39, 0.29) is 22.4 Å². The summed E-state index contributed by atoms with van der Waals surface area (Å²) in [4.78, 5) is 19.8. The zero-order valence-corrected chi connectivity index (χ0v) is 18.5. The van der Waals surface area contributed by atoms with Gasteiger partial charge >= 0.3 is 0 Å². The van der Waals surface area contributed by atoms with Crippen LogP contribution in [0.2, 0.25) is 0 Å². The van der Waals surface area contributed by atoms with Gasteiger partial charge in [-0.15, -0.1) is 0 Å². The molecule has 2 aromatic rings. The Kier molecular flexibility index (Phi) is 3.97. The lowest BCUT2D eigenvalue weighted by atomic mass is 9.77. The summed E-state index contributed by atoms with van der Waals surface area (Å²) >= 11 is 0. The van der Waals surface area contributed by atoms with Crippen LogP contribution in [0, 0.1) is 0 Å². The number of carbonyl (C=O) groups excluding carboxylic acids is 1. The number of benzene rings is 2. The van der Waals surface area contributed by atoms with Crippen molar-refractivity contribution < 1.29 is 9.90 Å². The number of hydrogen-bond donors (Lipinski definition) is 1. The lowest BCUT2D eigenvalue weighted by Gasteiger charge is -2.27.